The van der Waals surface area contributed by atoms with E-state index >= 15 is 4.39 Å². The highest BCUT2D eigenvalue weighted by atomic mass is 19.1. The van der Waals surface area contributed by atoms with E-state index in [4.69, 9.17) is 20.8 Å². The maximum atomic E-state index is 15.4. The summed E-state index contributed by atoms with van der Waals surface area (Å²) in [6.45, 7) is 21.2. The molecule has 47 heavy (non-hydrogen) atoms. The number of amides is 2. The van der Waals surface area contributed by atoms with Crippen LogP contribution in [-0.4, -0.2) is 76.8 Å². The predicted molar refractivity (Wildman–Crippen MR) is 177 cm³/mol. The van der Waals surface area contributed by atoms with Crippen molar-refractivity contribution in [2.75, 3.05) is 43.5 Å². The topological polar surface area (TPSA) is 126 Å². The molecule has 12 nitrogen and oxygen atoms in total. The normalized spacial score (nSPS) is 13.7. The Morgan fingerprint density at radius 1 is 0.979 bits per heavy atom. The Balaban J connectivity index is 1.54. The average molecular weight is 644 g/mol. The molecule has 0 saturated carbocycles. The number of rotatable bonds is 5. The van der Waals surface area contributed by atoms with Crippen LogP contribution in [0.1, 0.15) is 41.5 Å². The number of anilines is 2. The highest BCUT2D eigenvalue weighted by Crippen LogP contribution is 2.45. The number of halogens is 1. The minimum absolute atomic E-state index is 0.0777. The summed E-state index contributed by atoms with van der Waals surface area (Å²) in [5, 5.41) is 10.2. The lowest BCUT2D eigenvalue weighted by Crippen LogP contribution is -2.50. The van der Waals surface area contributed by atoms with E-state index in [0.717, 1.165) is 5.69 Å². The molecule has 2 aromatic carbocycles. The first-order valence-corrected chi connectivity index (χ1v) is 15.1. The molecular weight excluding hydrogens is 605 g/mol. The summed E-state index contributed by atoms with van der Waals surface area (Å²) in [5.74, 6) is -0.171. The van der Waals surface area contributed by atoms with Crippen molar-refractivity contribution in [2.24, 2.45) is 0 Å². The Morgan fingerprint density at radius 3 is 2.21 bits per heavy atom. The first-order chi connectivity index (χ1) is 22.2. The summed E-state index contributed by atoms with van der Waals surface area (Å²) in [7, 11) is 1.44. The Bertz CT molecular complexity index is 1840. The zero-order chi connectivity index (χ0) is 34.1. The average Bonchev–Trinajstić information content (AvgIpc) is 3.40. The predicted octanol–water partition coefficient (Wildman–Crippen LogP) is 7.39. The molecule has 0 aliphatic carbocycles. The molecule has 13 heteroatoms. The van der Waals surface area contributed by atoms with Crippen molar-refractivity contribution in [3.63, 3.8) is 0 Å². The number of benzene rings is 2. The Hall–Kier alpha value is -5.38. The molecule has 5 rings (SSSR count). The van der Waals surface area contributed by atoms with Crippen molar-refractivity contribution in [3.8, 4) is 28.1 Å². The third-order valence-corrected chi connectivity index (χ3v) is 7.30. The van der Waals surface area contributed by atoms with Gasteiger partial charge in [-0.2, -0.15) is 5.10 Å². The van der Waals surface area contributed by atoms with Crippen molar-refractivity contribution < 1.29 is 28.2 Å². The maximum absolute atomic E-state index is 15.4. The SMILES string of the molecule is [C-]#[N+]c1c(-c2ccc(OC)cc2F)nc2[nH]nc(NC(=O)OC(C)(C)C)c2c1-c1ccc(N2CCN(C(=O)OC(C)(C)C)CC2)cc1. The lowest BCUT2D eigenvalue weighted by Gasteiger charge is -2.36. The van der Waals surface area contributed by atoms with E-state index in [1.54, 1.807) is 31.7 Å². The number of H-pyrrole nitrogens is 1. The zero-order valence-corrected chi connectivity index (χ0v) is 27.5. The summed E-state index contributed by atoms with van der Waals surface area (Å²) < 4.78 is 31.5. The van der Waals surface area contributed by atoms with Gasteiger partial charge in [-0.15, -0.1) is 0 Å². The van der Waals surface area contributed by atoms with Crippen LogP contribution in [0.2, 0.25) is 0 Å². The number of carbonyl (C=O) groups excluding carboxylic acids is 2. The number of pyridine rings is 1. The minimum atomic E-state index is -0.758. The highest BCUT2D eigenvalue weighted by molar-refractivity contribution is 6.11. The van der Waals surface area contributed by atoms with Crippen molar-refractivity contribution in [2.45, 2.75) is 52.7 Å². The van der Waals surface area contributed by atoms with Crippen LogP contribution in [0.3, 0.4) is 0 Å². The molecule has 0 bridgehead atoms. The number of carbonyl (C=O) groups is 2. The number of hydrogen-bond donors (Lipinski definition) is 2. The van der Waals surface area contributed by atoms with Crippen LogP contribution >= 0.6 is 0 Å². The van der Waals surface area contributed by atoms with Crippen LogP contribution in [0.4, 0.5) is 31.2 Å². The van der Waals surface area contributed by atoms with Crippen LogP contribution in [0.25, 0.3) is 38.3 Å². The Labute approximate surface area is 272 Å². The summed E-state index contributed by atoms with van der Waals surface area (Å²) in [4.78, 5) is 37.6. The van der Waals surface area contributed by atoms with Gasteiger partial charge in [-0.25, -0.2) is 23.8 Å². The number of methoxy groups -OCH3 is 1. The number of hydrogen-bond acceptors (Lipinski definition) is 8. The molecule has 1 fully saturated rings. The van der Waals surface area contributed by atoms with Gasteiger partial charge >= 0.3 is 12.2 Å². The molecule has 0 radical (unpaired) electrons. The van der Waals surface area contributed by atoms with Crippen LogP contribution < -0.4 is 15.0 Å². The third-order valence-electron chi connectivity index (χ3n) is 7.30. The molecule has 2 N–H and O–H groups in total. The van der Waals surface area contributed by atoms with Gasteiger partial charge in [0.2, 0.25) is 5.69 Å². The van der Waals surface area contributed by atoms with Gasteiger partial charge in [0.05, 0.1) is 24.8 Å². The lowest BCUT2D eigenvalue weighted by molar-refractivity contribution is 0.0240. The summed E-state index contributed by atoms with van der Waals surface area (Å²) in [6.07, 6.45) is -1.06. The number of aromatic nitrogens is 3. The second kappa shape index (κ2) is 12.8. The number of nitrogens with zero attached hydrogens (tertiary/aromatic N) is 5. The molecule has 2 aromatic heterocycles. The monoisotopic (exact) mass is 643 g/mol. The maximum Gasteiger partial charge on any atom is 0.413 e. The highest BCUT2D eigenvalue weighted by Gasteiger charge is 2.28. The number of nitrogens with one attached hydrogen (secondary N) is 2. The Kier molecular flexibility index (Phi) is 8.98. The second-order valence-corrected chi connectivity index (χ2v) is 13.1. The molecule has 1 aliphatic heterocycles. The molecule has 1 saturated heterocycles. The quantitative estimate of drug-likeness (QED) is 0.216. The smallest absolute Gasteiger partial charge is 0.413 e. The first-order valence-electron chi connectivity index (χ1n) is 15.1. The van der Waals surface area contributed by atoms with Crippen molar-refractivity contribution in [1.29, 1.82) is 0 Å². The van der Waals surface area contributed by atoms with Crippen molar-refractivity contribution in [3.05, 3.63) is 59.7 Å². The molecular formula is C34H38FN7O5. The van der Waals surface area contributed by atoms with E-state index in [1.165, 1.54) is 19.2 Å². The van der Waals surface area contributed by atoms with Crippen molar-refractivity contribution in [1.82, 2.24) is 20.1 Å². The van der Waals surface area contributed by atoms with Crippen LogP contribution in [0, 0.1) is 12.4 Å². The van der Waals surface area contributed by atoms with Crippen molar-refractivity contribution >= 4 is 40.4 Å². The zero-order valence-electron chi connectivity index (χ0n) is 27.5. The number of piperazine rings is 1. The molecule has 0 spiro atoms. The van der Waals surface area contributed by atoms with Crippen LogP contribution in [-0.2, 0) is 9.47 Å². The minimum Gasteiger partial charge on any atom is -0.497 e. The van der Waals surface area contributed by atoms with Gasteiger partial charge in [0.25, 0.3) is 0 Å². The van der Waals surface area contributed by atoms with Crippen LogP contribution in [0.15, 0.2) is 42.5 Å². The summed E-state index contributed by atoms with van der Waals surface area (Å²) in [5.41, 5.74) is 1.18. The number of fused-ring (bicyclic) bond motifs is 1. The third kappa shape index (κ3) is 7.38. The van der Waals surface area contributed by atoms with E-state index < -0.39 is 23.1 Å². The van der Waals surface area contributed by atoms with E-state index in [9.17, 15) is 9.59 Å². The number of aromatic amines is 1. The van der Waals surface area contributed by atoms with Gasteiger partial charge in [-0.1, -0.05) is 12.1 Å². The molecule has 1 aliphatic rings. The molecule has 246 valence electrons. The largest absolute Gasteiger partial charge is 0.497 e. The van der Waals surface area contributed by atoms with E-state index in [2.05, 4.69) is 30.2 Å². The van der Waals surface area contributed by atoms with E-state index in [-0.39, 0.29) is 34.5 Å². The standard InChI is InChI=1S/C34H38FN7O5/c1-33(2,3)46-31(43)38-30-26-25(28(36-7)27(37-29(26)39-40-30)23-14-13-22(45-8)19-24(23)35)20-9-11-21(12-10-20)41-15-17-42(18-16-41)32(44)47-34(4,5)6/h9-14,19H,15-18H2,1-6,8H3,(H2,37,38,39,40,43). The van der Waals surface area contributed by atoms with Gasteiger partial charge in [-0.3, -0.25) is 10.4 Å². The fourth-order valence-corrected chi connectivity index (χ4v) is 5.25. The fraction of sp³-hybridized carbons (Fsp3) is 0.382. The first kappa shape index (κ1) is 33.0. The van der Waals surface area contributed by atoms with Gasteiger partial charge in [0.15, 0.2) is 11.5 Å². The lowest BCUT2D eigenvalue weighted by atomic mass is 9.96. The second-order valence-electron chi connectivity index (χ2n) is 13.1. The van der Waals surface area contributed by atoms with E-state index in [0.29, 0.717) is 48.4 Å². The molecule has 2 amide bonds. The molecule has 4 aromatic rings. The van der Waals surface area contributed by atoms with Gasteiger partial charge in [-0.05, 0) is 71.4 Å². The summed E-state index contributed by atoms with van der Waals surface area (Å²) >= 11 is 0. The number of ether oxygens (including phenoxy) is 3. The van der Waals surface area contributed by atoms with Gasteiger partial charge in [0.1, 0.15) is 22.8 Å². The van der Waals surface area contributed by atoms with Gasteiger partial charge < -0.3 is 24.0 Å². The molecule has 0 unspecified atom stereocenters. The van der Waals surface area contributed by atoms with E-state index in [1.807, 2.05) is 45.0 Å². The fourth-order valence-electron chi connectivity index (χ4n) is 5.25. The van der Waals surface area contributed by atoms with Gasteiger partial charge in [0, 0.05) is 49.1 Å². The molecule has 3 heterocycles. The Morgan fingerprint density at radius 2 is 1.64 bits per heavy atom. The van der Waals surface area contributed by atoms with Crippen LogP contribution in [0.5, 0.6) is 5.75 Å². The summed E-state index contributed by atoms with van der Waals surface area (Å²) in [6, 6.07) is 11.9. The molecule has 0 atom stereocenters.